The van der Waals surface area contributed by atoms with E-state index in [1.54, 1.807) is 0 Å². The van der Waals surface area contributed by atoms with Gasteiger partial charge in [0.05, 0.1) is 0 Å². The van der Waals surface area contributed by atoms with Crippen molar-refractivity contribution in [1.29, 1.82) is 0 Å². The number of nitrogens with two attached hydrogens (primary N) is 1. The van der Waals surface area contributed by atoms with E-state index >= 15 is 0 Å². The minimum absolute atomic E-state index is 0.316. The van der Waals surface area contributed by atoms with Crippen molar-refractivity contribution in [3.8, 4) is 0 Å². The molecule has 0 amide bonds. The van der Waals surface area contributed by atoms with Gasteiger partial charge in [-0.15, -0.1) is 0 Å². The van der Waals surface area contributed by atoms with Gasteiger partial charge in [0.2, 0.25) is 0 Å². The van der Waals surface area contributed by atoms with Crippen molar-refractivity contribution < 1.29 is 14.4 Å². The lowest BCUT2D eigenvalue weighted by Gasteiger charge is -2.25. The minimum Gasteiger partial charge on any atom is -0.377 e. The molecule has 0 aromatic rings. The number of rotatable bonds is 5. The zero-order chi connectivity index (χ0) is 8.91. The summed E-state index contributed by atoms with van der Waals surface area (Å²) >= 11 is 0. The van der Waals surface area contributed by atoms with E-state index in [1.807, 2.05) is 6.92 Å². The zero-order valence-electron chi connectivity index (χ0n) is 6.69. The Morgan fingerprint density at radius 3 is 2.09 bits per heavy atom. The molecule has 0 saturated heterocycles. The topological polar surface area (TPSA) is 90.0 Å². The van der Waals surface area contributed by atoms with Gasteiger partial charge in [0.1, 0.15) is 0 Å². The molecule has 0 spiro atoms. The highest BCUT2D eigenvalue weighted by Crippen LogP contribution is 1.98. The molecule has 0 aromatic carbocycles. The standard InChI is InChI=1S/C5H16N2O3Si/c1-2-4-7(5-3-6)11(8,9)10/h8-10H,2-6H2,1H3. The molecule has 0 aliphatic heterocycles. The molecule has 0 unspecified atom stereocenters. The van der Waals surface area contributed by atoms with Crippen LogP contribution in [0.1, 0.15) is 13.3 Å². The van der Waals surface area contributed by atoms with Gasteiger partial charge in [-0.25, -0.2) is 0 Å². The summed E-state index contributed by atoms with van der Waals surface area (Å²) in [5.41, 5.74) is 5.20. The second kappa shape index (κ2) is 4.81. The predicted molar refractivity (Wildman–Crippen MR) is 43.3 cm³/mol. The average molecular weight is 180 g/mol. The molecule has 0 saturated carbocycles. The molecule has 0 radical (unpaired) electrons. The van der Waals surface area contributed by atoms with Gasteiger partial charge in [-0.1, -0.05) is 6.92 Å². The van der Waals surface area contributed by atoms with Crippen LogP contribution in [0.4, 0.5) is 0 Å². The number of nitrogens with zero attached hydrogens (tertiary/aromatic N) is 1. The zero-order valence-corrected chi connectivity index (χ0v) is 7.69. The molecule has 68 valence electrons. The normalized spacial score (nSPS) is 12.5. The van der Waals surface area contributed by atoms with Gasteiger partial charge in [-0.05, 0) is 13.0 Å². The highest BCUT2D eigenvalue weighted by molar-refractivity contribution is 6.52. The van der Waals surface area contributed by atoms with Crippen LogP contribution in [0.15, 0.2) is 0 Å². The fraction of sp³-hybridized carbons (Fsp3) is 1.00. The van der Waals surface area contributed by atoms with Gasteiger partial charge in [0.25, 0.3) is 0 Å². The fourth-order valence-corrected chi connectivity index (χ4v) is 1.79. The maximum Gasteiger partial charge on any atom is 0.591 e. The highest BCUT2D eigenvalue weighted by atomic mass is 28.4. The van der Waals surface area contributed by atoms with Crippen LogP contribution in [-0.4, -0.2) is 47.6 Å². The molecular formula is C5H16N2O3Si. The quantitative estimate of drug-likeness (QED) is 0.370. The summed E-state index contributed by atoms with van der Waals surface area (Å²) in [4.78, 5) is 26.6. The van der Waals surface area contributed by atoms with Gasteiger partial charge in [0.15, 0.2) is 0 Å². The lowest BCUT2D eigenvalue weighted by Crippen LogP contribution is -2.56. The molecule has 0 aliphatic rings. The Kier molecular flexibility index (Phi) is 4.81. The average Bonchev–Trinajstić information content (AvgIpc) is 1.85. The molecule has 11 heavy (non-hydrogen) atoms. The molecule has 0 atom stereocenters. The highest BCUT2D eigenvalue weighted by Gasteiger charge is 2.35. The van der Waals surface area contributed by atoms with Gasteiger partial charge >= 0.3 is 8.97 Å². The van der Waals surface area contributed by atoms with Gasteiger partial charge in [0, 0.05) is 13.1 Å². The molecule has 0 heterocycles. The molecule has 5 N–H and O–H groups in total. The van der Waals surface area contributed by atoms with Crippen LogP contribution in [-0.2, 0) is 0 Å². The van der Waals surface area contributed by atoms with Crippen molar-refractivity contribution in [3.63, 3.8) is 0 Å². The van der Waals surface area contributed by atoms with E-state index < -0.39 is 8.97 Å². The molecule has 6 heteroatoms. The number of hydrogen-bond acceptors (Lipinski definition) is 5. The van der Waals surface area contributed by atoms with Crippen molar-refractivity contribution in [2.24, 2.45) is 5.73 Å². The maximum absolute atomic E-state index is 8.86. The Morgan fingerprint density at radius 2 is 1.82 bits per heavy atom. The molecule has 0 bridgehead atoms. The van der Waals surface area contributed by atoms with E-state index in [2.05, 4.69) is 0 Å². The molecule has 0 aliphatic carbocycles. The largest absolute Gasteiger partial charge is 0.591 e. The lowest BCUT2D eigenvalue weighted by molar-refractivity contribution is 0.132. The van der Waals surface area contributed by atoms with E-state index in [0.717, 1.165) is 6.42 Å². The lowest BCUT2D eigenvalue weighted by atomic mass is 10.5. The molecular weight excluding hydrogens is 164 g/mol. The summed E-state index contributed by atoms with van der Waals surface area (Å²) in [7, 11) is -4.08. The van der Waals surface area contributed by atoms with E-state index in [9.17, 15) is 0 Å². The first kappa shape index (κ1) is 11.0. The monoisotopic (exact) mass is 180 g/mol. The molecule has 5 nitrogen and oxygen atoms in total. The number of hydrogen-bond donors (Lipinski definition) is 4. The van der Waals surface area contributed by atoms with E-state index in [-0.39, 0.29) is 0 Å². The molecule has 0 aromatic heterocycles. The van der Waals surface area contributed by atoms with E-state index in [0.29, 0.717) is 19.6 Å². The Bertz CT molecular complexity index is 100. The third-order valence-electron chi connectivity index (χ3n) is 1.32. The van der Waals surface area contributed by atoms with Crippen LogP contribution in [0.2, 0.25) is 0 Å². The Balaban J connectivity index is 3.88. The Morgan fingerprint density at radius 1 is 1.27 bits per heavy atom. The van der Waals surface area contributed by atoms with Crippen molar-refractivity contribution in [2.45, 2.75) is 13.3 Å². The van der Waals surface area contributed by atoms with Gasteiger partial charge in [-0.2, -0.15) is 0 Å². The van der Waals surface area contributed by atoms with E-state index in [1.165, 1.54) is 4.57 Å². The predicted octanol–water partition coefficient (Wildman–Crippen LogP) is -1.93. The van der Waals surface area contributed by atoms with Crippen molar-refractivity contribution in [2.75, 3.05) is 19.6 Å². The maximum atomic E-state index is 8.86. The van der Waals surface area contributed by atoms with Gasteiger partial charge in [-0.3, -0.25) is 4.57 Å². The summed E-state index contributed by atoms with van der Waals surface area (Å²) < 4.78 is 1.23. The fourth-order valence-electron chi connectivity index (χ4n) is 0.838. The minimum atomic E-state index is -4.08. The summed E-state index contributed by atoms with van der Waals surface area (Å²) in [6, 6.07) is 0. The second-order valence-electron chi connectivity index (χ2n) is 2.38. The van der Waals surface area contributed by atoms with Gasteiger partial charge < -0.3 is 20.1 Å². The molecule has 0 rings (SSSR count). The SMILES string of the molecule is CCCN(CCN)[Si](O)(O)O. The first-order valence-electron chi connectivity index (χ1n) is 3.64. The van der Waals surface area contributed by atoms with Crippen LogP contribution in [0.25, 0.3) is 0 Å². The summed E-state index contributed by atoms with van der Waals surface area (Å²) in [6.45, 7) is 3.00. The van der Waals surface area contributed by atoms with Crippen molar-refractivity contribution in [3.05, 3.63) is 0 Å². The Labute approximate surface area is 67.5 Å². The van der Waals surface area contributed by atoms with Crippen LogP contribution in [0, 0.1) is 0 Å². The summed E-state index contributed by atoms with van der Waals surface area (Å²) in [6.07, 6.45) is 0.760. The summed E-state index contributed by atoms with van der Waals surface area (Å²) in [5, 5.41) is 0. The third-order valence-corrected chi connectivity index (χ3v) is 2.61. The molecule has 0 fully saturated rings. The first-order chi connectivity index (χ1) is 5.02. The Hall–Kier alpha value is 0.0169. The third kappa shape index (κ3) is 4.46. The van der Waals surface area contributed by atoms with Crippen molar-refractivity contribution >= 4 is 8.97 Å². The van der Waals surface area contributed by atoms with Crippen molar-refractivity contribution in [1.82, 2.24) is 4.57 Å². The first-order valence-corrected chi connectivity index (χ1v) is 5.43. The smallest absolute Gasteiger partial charge is 0.377 e. The summed E-state index contributed by atoms with van der Waals surface area (Å²) in [5.74, 6) is 0. The second-order valence-corrected chi connectivity index (χ2v) is 4.21. The van der Waals surface area contributed by atoms with Crippen LogP contribution in [0.3, 0.4) is 0 Å². The van der Waals surface area contributed by atoms with Crippen LogP contribution < -0.4 is 5.73 Å². The van der Waals surface area contributed by atoms with Crippen LogP contribution in [0.5, 0.6) is 0 Å². The van der Waals surface area contributed by atoms with Crippen LogP contribution >= 0.6 is 0 Å². The van der Waals surface area contributed by atoms with E-state index in [4.69, 9.17) is 20.1 Å².